The van der Waals surface area contributed by atoms with Crippen molar-refractivity contribution in [1.29, 1.82) is 0 Å². The van der Waals surface area contributed by atoms with Gasteiger partial charge in [0, 0.05) is 0 Å². The van der Waals surface area contributed by atoms with Gasteiger partial charge in [-0.2, -0.15) is 0 Å². The molecule has 3 aromatic rings. The molecule has 0 nitrogen and oxygen atoms in total. The summed E-state index contributed by atoms with van der Waals surface area (Å²) >= 11 is 0. The molecule has 2 saturated carbocycles. The van der Waals surface area contributed by atoms with Crippen LogP contribution in [0.15, 0.2) is 66.7 Å². The van der Waals surface area contributed by atoms with E-state index in [4.69, 9.17) is 0 Å². The molecular formula is C39H55P. The normalized spacial score (nSPS) is 18.1. The topological polar surface area (TPSA) is 0 Å². The van der Waals surface area contributed by atoms with Gasteiger partial charge in [0.1, 0.15) is 0 Å². The van der Waals surface area contributed by atoms with Crippen molar-refractivity contribution in [2.24, 2.45) is 0 Å². The van der Waals surface area contributed by atoms with Crippen LogP contribution in [0.1, 0.15) is 140 Å². The van der Waals surface area contributed by atoms with Gasteiger partial charge in [-0.05, 0) is 0 Å². The molecule has 2 aliphatic rings. The van der Waals surface area contributed by atoms with Gasteiger partial charge in [-0.1, -0.05) is 0 Å². The van der Waals surface area contributed by atoms with Crippen molar-refractivity contribution < 1.29 is 0 Å². The van der Waals surface area contributed by atoms with Crippen LogP contribution >= 0.6 is 7.26 Å². The zero-order valence-corrected chi connectivity index (χ0v) is 27.3. The summed E-state index contributed by atoms with van der Waals surface area (Å²) < 4.78 is 0. The fraction of sp³-hybridized carbons (Fsp3) is 0.538. The predicted octanol–water partition coefficient (Wildman–Crippen LogP) is 11.1. The van der Waals surface area contributed by atoms with E-state index in [0.29, 0.717) is 17.8 Å². The summed E-state index contributed by atoms with van der Waals surface area (Å²) in [4.78, 5) is 0. The maximum absolute atomic E-state index is 2.63. The van der Waals surface area contributed by atoms with Crippen molar-refractivity contribution >= 4 is 17.9 Å². The number of hydrogen-bond acceptors (Lipinski definition) is 0. The summed E-state index contributed by atoms with van der Waals surface area (Å²) in [5.74, 6) is 1.54. The second kappa shape index (κ2) is 12.9. The first kappa shape index (κ1) is 29.6. The minimum absolute atomic E-state index is 0.497. The molecular weight excluding hydrogens is 499 g/mol. The third kappa shape index (κ3) is 5.60. The van der Waals surface area contributed by atoms with Gasteiger partial charge in [-0.25, -0.2) is 0 Å². The summed E-state index contributed by atoms with van der Waals surface area (Å²) in [7, 11) is -2.12. The quantitative estimate of drug-likeness (QED) is 0.243. The van der Waals surface area contributed by atoms with Crippen LogP contribution in [0.5, 0.6) is 0 Å². The molecule has 0 heterocycles. The Hall–Kier alpha value is -1.91. The van der Waals surface area contributed by atoms with Gasteiger partial charge in [-0.3, -0.25) is 0 Å². The Bertz CT molecular complexity index is 1190. The molecule has 0 bridgehead atoms. The van der Waals surface area contributed by atoms with Gasteiger partial charge in [0.15, 0.2) is 0 Å². The Morgan fingerprint density at radius 3 is 1.50 bits per heavy atom. The predicted molar refractivity (Wildman–Crippen MR) is 182 cm³/mol. The standard InChI is InChI=1S/C39H55P/c1-28(2)31-26-36(29(3)4)39(37(27-31)30(5)6)35-24-16-17-25-38(35)40(32-18-10-7-11-19-32,33-20-12-8-13-21-33)34-22-14-9-15-23-34/h7,10-11,16-19,24-30,33-34,40H,8-9,12-15,20-23H2,1-6H3. The Kier molecular flexibility index (Phi) is 9.57. The van der Waals surface area contributed by atoms with E-state index >= 15 is 0 Å². The molecule has 0 aliphatic heterocycles. The van der Waals surface area contributed by atoms with Crippen LogP contribution in [0.2, 0.25) is 0 Å². The van der Waals surface area contributed by atoms with E-state index in [1.54, 1.807) is 32.9 Å². The van der Waals surface area contributed by atoms with Crippen molar-refractivity contribution in [2.45, 2.75) is 135 Å². The minimum atomic E-state index is -2.12. The average molecular weight is 555 g/mol. The van der Waals surface area contributed by atoms with Crippen molar-refractivity contribution in [3.05, 3.63) is 83.4 Å². The first-order valence-corrected chi connectivity index (χ1v) is 18.8. The van der Waals surface area contributed by atoms with E-state index in [1.165, 1.54) is 69.8 Å². The van der Waals surface area contributed by atoms with Crippen molar-refractivity contribution in [1.82, 2.24) is 0 Å². The summed E-state index contributed by atoms with van der Waals surface area (Å²) in [6.45, 7) is 14.4. The SMILES string of the molecule is CC(C)c1cc(C(C)C)c(-c2ccccc2[PH](c2ccccc2)(C2CCCCC2)C2CCCCC2)c(C(C)C)c1. The Labute approximate surface area is 246 Å². The summed E-state index contributed by atoms with van der Waals surface area (Å²) in [5, 5.41) is 3.48. The molecule has 40 heavy (non-hydrogen) atoms. The summed E-state index contributed by atoms with van der Waals surface area (Å²) in [5.41, 5.74) is 9.46. The molecule has 2 aliphatic carbocycles. The molecule has 216 valence electrons. The fourth-order valence-corrected chi connectivity index (χ4v) is 15.8. The van der Waals surface area contributed by atoms with Crippen LogP contribution in [-0.2, 0) is 0 Å². The van der Waals surface area contributed by atoms with Crippen molar-refractivity contribution in [3.8, 4) is 11.1 Å². The Morgan fingerprint density at radius 1 is 0.550 bits per heavy atom. The van der Waals surface area contributed by atoms with Gasteiger partial charge in [0.2, 0.25) is 0 Å². The molecule has 3 aromatic carbocycles. The Balaban J connectivity index is 1.87. The van der Waals surface area contributed by atoms with Crippen LogP contribution < -0.4 is 10.6 Å². The van der Waals surface area contributed by atoms with E-state index in [-0.39, 0.29) is 0 Å². The summed E-state index contributed by atoms with van der Waals surface area (Å²) in [6, 6.07) is 27.1. The molecule has 0 spiro atoms. The average Bonchev–Trinajstić information content (AvgIpc) is 2.99. The molecule has 5 rings (SSSR count). The maximum atomic E-state index is 2.63. The first-order valence-electron chi connectivity index (χ1n) is 16.7. The molecule has 0 N–H and O–H groups in total. The van der Waals surface area contributed by atoms with Gasteiger partial charge in [0.25, 0.3) is 0 Å². The van der Waals surface area contributed by atoms with E-state index < -0.39 is 7.26 Å². The Morgan fingerprint density at radius 2 is 1.02 bits per heavy atom. The van der Waals surface area contributed by atoms with Gasteiger partial charge < -0.3 is 0 Å². The summed E-state index contributed by atoms with van der Waals surface area (Å²) in [6.07, 6.45) is 14.2. The second-order valence-electron chi connectivity index (χ2n) is 14.0. The third-order valence-corrected chi connectivity index (χ3v) is 16.9. The number of benzene rings is 3. The van der Waals surface area contributed by atoms with E-state index in [9.17, 15) is 0 Å². The molecule has 2 fully saturated rings. The van der Waals surface area contributed by atoms with Crippen LogP contribution in [0, 0.1) is 0 Å². The van der Waals surface area contributed by atoms with E-state index in [0.717, 1.165) is 11.3 Å². The van der Waals surface area contributed by atoms with Crippen LogP contribution in [-0.4, -0.2) is 11.3 Å². The molecule has 1 heteroatoms. The van der Waals surface area contributed by atoms with Crippen LogP contribution in [0.3, 0.4) is 0 Å². The van der Waals surface area contributed by atoms with E-state index in [1.807, 2.05) is 0 Å². The fourth-order valence-electron chi connectivity index (χ4n) is 8.56. The van der Waals surface area contributed by atoms with Gasteiger partial charge in [0.05, 0.1) is 0 Å². The molecule has 0 saturated heterocycles. The number of rotatable bonds is 8. The number of hydrogen-bond donors (Lipinski definition) is 0. The van der Waals surface area contributed by atoms with Crippen LogP contribution in [0.25, 0.3) is 11.1 Å². The van der Waals surface area contributed by atoms with E-state index in [2.05, 4.69) is 108 Å². The zero-order chi connectivity index (χ0) is 28.3. The van der Waals surface area contributed by atoms with Crippen LogP contribution in [0.4, 0.5) is 0 Å². The van der Waals surface area contributed by atoms with Crippen molar-refractivity contribution in [3.63, 3.8) is 0 Å². The van der Waals surface area contributed by atoms with Gasteiger partial charge >= 0.3 is 247 Å². The molecule has 0 radical (unpaired) electrons. The van der Waals surface area contributed by atoms with Crippen molar-refractivity contribution in [2.75, 3.05) is 0 Å². The molecule has 0 aromatic heterocycles. The molecule has 0 atom stereocenters. The molecule has 0 unspecified atom stereocenters. The third-order valence-electron chi connectivity index (χ3n) is 10.5. The van der Waals surface area contributed by atoms with Gasteiger partial charge in [-0.15, -0.1) is 0 Å². The zero-order valence-electron chi connectivity index (χ0n) is 26.3. The molecule has 0 amide bonds. The first-order chi connectivity index (χ1) is 19.4. The monoisotopic (exact) mass is 554 g/mol. The second-order valence-corrected chi connectivity index (χ2v) is 18.5.